The third-order valence-corrected chi connectivity index (χ3v) is 5.70. The van der Waals surface area contributed by atoms with Crippen LogP contribution >= 0.6 is 11.6 Å². The van der Waals surface area contributed by atoms with E-state index in [0.29, 0.717) is 0 Å². The molecule has 0 amide bonds. The second kappa shape index (κ2) is 8.60. The molecular weight excluding hydrogens is 340 g/mol. The van der Waals surface area contributed by atoms with E-state index in [1.807, 2.05) is 24.5 Å². The van der Waals surface area contributed by atoms with Gasteiger partial charge in [0.2, 0.25) is 0 Å². The Kier molecular flexibility index (Phi) is 6.21. The molecule has 0 saturated carbocycles. The average Bonchev–Trinajstić information content (AvgIpc) is 3.10. The van der Waals surface area contributed by atoms with Gasteiger partial charge in [-0.2, -0.15) is 0 Å². The van der Waals surface area contributed by atoms with Crippen LogP contribution in [-0.2, 0) is 18.3 Å². The van der Waals surface area contributed by atoms with Gasteiger partial charge in [0.1, 0.15) is 5.76 Å². The van der Waals surface area contributed by atoms with E-state index in [-0.39, 0.29) is 5.41 Å². The van der Waals surface area contributed by atoms with Crippen LogP contribution < -0.4 is 0 Å². The van der Waals surface area contributed by atoms with E-state index in [1.165, 1.54) is 16.7 Å². The number of benzene rings is 2. The highest BCUT2D eigenvalue weighted by Crippen LogP contribution is 2.33. The molecule has 1 heterocycles. The van der Waals surface area contributed by atoms with Crippen LogP contribution in [0.2, 0.25) is 5.02 Å². The number of furan rings is 1. The summed E-state index contributed by atoms with van der Waals surface area (Å²) < 4.78 is 5.76. The summed E-state index contributed by atoms with van der Waals surface area (Å²) in [6.07, 6.45) is 7.27. The molecule has 0 aliphatic rings. The van der Waals surface area contributed by atoms with Crippen LogP contribution in [0.25, 0.3) is 0 Å². The van der Waals surface area contributed by atoms with E-state index in [2.05, 4.69) is 56.3 Å². The SMILES string of the molecule is CCC(C)(CCCc1coc(Cc2ccccc2)c1)c1ccc(Cl)cc1. The fourth-order valence-electron chi connectivity index (χ4n) is 3.51. The lowest BCUT2D eigenvalue weighted by atomic mass is 9.76. The highest BCUT2D eigenvalue weighted by atomic mass is 35.5. The van der Waals surface area contributed by atoms with Crippen molar-refractivity contribution in [3.63, 3.8) is 0 Å². The van der Waals surface area contributed by atoms with Gasteiger partial charge in [-0.25, -0.2) is 0 Å². The van der Waals surface area contributed by atoms with Gasteiger partial charge in [-0.1, -0.05) is 67.9 Å². The molecule has 0 spiro atoms. The maximum Gasteiger partial charge on any atom is 0.108 e. The first kappa shape index (κ1) is 18.8. The van der Waals surface area contributed by atoms with E-state index < -0.39 is 0 Å². The zero-order valence-corrected chi connectivity index (χ0v) is 16.4. The molecule has 1 atom stereocenters. The Balaban J connectivity index is 1.56. The lowest BCUT2D eigenvalue weighted by Gasteiger charge is -2.29. The minimum atomic E-state index is 0.196. The van der Waals surface area contributed by atoms with Gasteiger partial charge in [0.05, 0.1) is 6.26 Å². The molecule has 3 aromatic rings. The molecule has 1 nitrogen and oxygen atoms in total. The minimum Gasteiger partial charge on any atom is -0.469 e. The Labute approximate surface area is 162 Å². The number of hydrogen-bond donors (Lipinski definition) is 0. The monoisotopic (exact) mass is 366 g/mol. The molecule has 0 fully saturated rings. The summed E-state index contributed by atoms with van der Waals surface area (Å²) in [5.41, 5.74) is 4.16. The summed E-state index contributed by atoms with van der Waals surface area (Å²) in [5, 5.41) is 0.802. The van der Waals surface area contributed by atoms with Gasteiger partial charge in [-0.3, -0.25) is 0 Å². The maximum absolute atomic E-state index is 6.04. The maximum atomic E-state index is 6.04. The second-order valence-corrected chi connectivity index (χ2v) is 7.79. The van der Waals surface area contributed by atoms with Crippen molar-refractivity contribution in [2.75, 3.05) is 0 Å². The van der Waals surface area contributed by atoms with Gasteiger partial charge in [-0.15, -0.1) is 0 Å². The van der Waals surface area contributed by atoms with Gasteiger partial charge >= 0.3 is 0 Å². The number of rotatable bonds is 8. The Morgan fingerprint density at radius 1 is 0.962 bits per heavy atom. The molecule has 2 heteroatoms. The van der Waals surface area contributed by atoms with Gasteiger partial charge in [0, 0.05) is 11.4 Å². The molecule has 0 radical (unpaired) electrons. The summed E-state index contributed by atoms with van der Waals surface area (Å²) in [6, 6.07) is 21.0. The zero-order chi connectivity index (χ0) is 18.4. The molecule has 0 aliphatic carbocycles. The molecule has 0 saturated heterocycles. The molecule has 1 aromatic heterocycles. The molecular formula is C24H27ClO. The fraction of sp³-hybridized carbons (Fsp3) is 0.333. The minimum absolute atomic E-state index is 0.196. The highest BCUT2D eigenvalue weighted by Gasteiger charge is 2.24. The van der Waals surface area contributed by atoms with Crippen LogP contribution in [0.4, 0.5) is 0 Å². The molecule has 3 rings (SSSR count). The fourth-order valence-corrected chi connectivity index (χ4v) is 3.63. The zero-order valence-electron chi connectivity index (χ0n) is 15.7. The van der Waals surface area contributed by atoms with Crippen molar-refractivity contribution in [1.82, 2.24) is 0 Å². The molecule has 0 aliphatic heterocycles. The smallest absolute Gasteiger partial charge is 0.108 e. The van der Waals surface area contributed by atoms with Gasteiger partial charge in [-0.05, 0) is 66.0 Å². The summed E-state index contributed by atoms with van der Waals surface area (Å²) in [5.74, 6) is 1.04. The van der Waals surface area contributed by atoms with E-state index in [0.717, 1.165) is 42.9 Å². The van der Waals surface area contributed by atoms with Crippen LogP contribution in [0, 0.1) is 0 Å². The van der Waals surface area contributed by atoms with Crippen molar-refractivity contribution >= 4 is 11.6 Å². The molecule has 1 unspecified atom stereocenters. The van der Waals surface area contributed by atoms with Crippen LogP contribution in [0.3, 0.4) is 0 Å². The lowest BCUT2D eigenvalue weighted by Crippen LogP contribution is -2.21. The third-order valence-electron chi connectivity index (χ3n) is 5.44. The Morgan fingerprint density at radius 3 is 2.38 bits per heavy atom. The standard InChI is InChI=1S/C24H27ClO/c1-3-24(2,21-11-13-22(25)14-12-21)15-7-10-20-17-23(26-18-20)16-19-8-5-4-6-9-19/h4-6,8-9,11-14,17-18H,3,7,10,15-16H2,1-2H3. The summed E-state index contributed by atoms with van der Waals surface area (Å²) in [7, 11) is 0. The number of halogens is 1. The predicted molar refractivity (Wildman–Crippen MR) is 110 cm³/mol. The van der Waals surface area contributed by atoms with Crippen molar-refractivity contribution in [2.45, 2.75) is 51.4 Å². The summed E-state index contributed by atoms with van der Waals surface area (Å²) >= 11 is 6.04. The van der Waals surface area contributed by atoms with Gasteiger partial charge in [0.15, 0.2) is 0 Å². The lowest BCUT2D eigenvalue weighted by molar-refractivity contribution is 0.405. The van der Waals surface area contributed by atoms with Crippen LogP contribution in [-0.4, -0.2) is 0 Å². The summed E-state index contributed by atoms with van der Waals surface area (Å²) in [6.45, 7) is 4.62. The van der Waals surface area contributed by atoms with Crippen LogP contribution in [0.15, 0.2) is 71.3 Å². The third kappa shape index (κ3) is 4.80. The Hall–Kier alpha value is -1.99. The Bertz CT molecular complexity index is 804. The van der Waals surface area contributed by atoms with Crippen molar-refractivity contribution in [3.05, 3.63) is 94.4 Å². The average molecular weight is 367 g/mol. The summed E-state index contributed by atoms with van der Waals surface area (Å²) in [4.78, 5) is 0. The van der Waals surface area contributed by atoms with E-state index in [9.17, 15) is 0 Å². The molecule has 136 valence electrons. The molecule has 2 aromatic carbocycles. The normalized spacial score (nSPS) is 13.5. The van der Waals surface area contributed by atoms with Crippen LogP contribution in [0.1, 0.15) is 55.6 Å². The van der Waals surface area contributed by atoms with E-state index in [1.54, 1.807) is 0 Å². The van der Waals surface area contributed by atoms with Gasteiger partial charge < -0.3 is 4.42 Å². The molecule has 26 heavy (non-hydrogen) atoms. The van der Waals surface area contributed by atoms with E-state index in [4.69, 9.17) is 16.0 Å². The Morgan fingerprint density at radius 2 is 1.69 bits per heavy atom. The molecule has 0 bridgehead atoms. The highest BCUT2D eigenvalue weighted by molar-refractivity contribution is 6.30. The first-order valence-electron chi connectivity index (χ1n) is 9.45. The second-order valence-electron chi connectivity index (χ2n) is 7.36. The predicted octanol–water partition coefficient (Wildman–Crippen LogP) is 7.21. The van der Waals surface area contributed by atoms with Crippen molar-refractivity contribution in [1.29, 1.82) is 0 Å². The van der Waals surface area contributed by atoms with Crippen molar-refractivity contribution in [2.24, 2.45) is 0 Å². The van der Waals surface area contributed by atoms with Crippen LogP contribution in [0.5, 0.6) is 0 Å². The van der Waals surface area contributed by atoms with Crippen molar-refractivity contribution in [3.8, 4) is 0 Å². The first-order valence-corrected chi connectivity index (χ1v) is 9.83. The van der Waals surface area contributed by atoms with Gasteiger partial charge in [0.25, 0.3) is 0 Å². The largest absolute Gasteiger partial charge is 0.469 e. The molecule has 0 N–H and O–H groups in total. The first-order chi connectivity index (χ1) is 12.6. The topological polar surface area (TPSA) is 13.1 Å². The number of hydrogen-bond acceptors (Lipinski definition) is 1. The van der Waals surface area contributed by atoms with Crippen molar-refractivity contribution < 1.29 is 4.42 Å². The number of aryl methyl sites for hydroxylation is 1. The quantitative estimate of drug-likeness (QED) is 0.410. The van der Waals surface area contributed by atoms with E-state index >= 15 is 0 Å².